The van der Waals surface area contributed by atoms with Crippen LogP contribution in [-0.2, 0) is 20.9 Å². The molecule has 2 aliphatic heterocycles. The van der Waals surface area contributed by atoms with Crippen molar-refractivity contribution < 1.29 is 19.1 Å². The Morgan fingerprint density at radius 2 is 1.67 bits per heavy atom. The Kier molecular flexibility index (Phi) is 7.85. The van der Waals surface area contributed by atoms with Crippen molar-refractivity contribution in [1.82, 2.24) is 15.1 Å². The van der Waals surface area contributed by atoms with Gasteiger partial charge >= 0.3 is 6.09 Å². The molecule has 3 fully saturated rings. The van der Waals surface area contributed by atoms with Crippen LogP contribution in [0.15, 0.2) is 30.3 Å². The van der Waals surface area contributed by atoms with E-state index < -0.39 is 18.2 Å². The molecule has 0 aromatic heterocycles. The first-order chi connectivity index (χ1) is 16.0. The lowest BCUT2D eigenvalue weighted by molar-refractivity contribution is -0.133. The molecule has 1 aromatic carbocycles. The summed E-state index contributed by atoms with van der Waals surface area (Å²) in [4.78, 5) is 41.6. The van der Waals surface area contributed by atoms with Crippen molar-refractivity contribution in [1.29, 1.82) is 0 Å². The zero-order valence-corrected chi connectivity index (χ0v) is 19.3. The third-order valence-corrected chi connectivity index (χ3v) is 7.32. The molecule has 1 aromatic rings. The van der Waals surface area contributed by atoms with E-state index in [0.29, 0.717) is 13.0 Å². The number of benzene rings is 1. The fraction of sp³-hybridized carbons (Fsp3) is 0.640. The first-order valence-corrected chi connectivity index (χ1v) is 12.3. The number of hydrogen-bond donors (Lipinski definition) is 2. The smallest absolute Gasteiger partial charge is 0.410 e. The van der Waals surface area contributed by atoms with Gasteiger partial charge in [0.05, 0.1) is 6.04 Å². The number of ether oxygens (including phenoxy) is 1. The second kappa shape index (κ2) is 11.0. The lowest BCUT2D eigenvalue weighted by Crippen LogP contribution is -2.51. The number of likely N-dealkylation sites (tertiary alicyclic amines) is 2. The summed E-state index contributed by atoms with van der Waals surface area (Å²) >= 11 is 0. The molecular weight excluding hydrogens is 420 g/mol. The number of nitrogens with two attached hydrogens (primary N) is 1. The minimum absolute atomic E-state index is 0.0608. The summed E-state index contributed by atoms with van der Waals surface area (Å²) < 4.78 is 5.44. The summed E-state index contributed by atoms with van der Waals surface area (Å²) in [5, 5.41) is 3.14. The summed E-state index contributed by atoms with van der Waals surface area (Å²) in [6, 6.07) is 8.67. The third-order valence-electron chi connectivity index (χ3n) is 7.32. The maximum absolute atomic E-state index is 13.0. The zero-order chi connectivity index (χ0) is 23.2. The molecule has 3 N–H and O–H groups in total. The van der Waals surface area contributed by atoms with E-state index in [0.717, 1.165) is 63.6 Å². The molecule has 33 heavy (non-hydrogen) atoms. The molecule has 1 saturated carbocycles. The highest BCUT2D eigenvalue weighted by atomic mass is 16.6. The van der Waals surface area contributed by atoms with E-state index in [9.17, 15) is 14.4 Å². The molecule has 8 heteroatoms. The molecule has 2 saturated heterocycles. The van der Waals surface area contributed by atoms with Crippen LogP contribution in [0.3, 0.4) is 0 Å². The Morgan fingerprint density at radius 1 is 0.970 bits per heavy atom. The van der Waals surface area contributed by atoms with Crippen LogP contribution in [0.25, 0.3) is 0 Å². The van der Waals surface area contributed by atoms with Crippen LogP contribution < -0.4 is 11.1 Å². The Bertz CT molecular complexity index is 819. The number of rotatable bonds is 6. The normalized spacial score (nSPS) is 26.2. The van der Waals surface area contributed by atoms with Crippen LogP contribution in [0.2, 0.25) is 0 Å². The molecule has 0 radical (unpaired) electrons. The summed E-state index contributed by atoms with van der Waals surface area (Å²) in [7, 11) is 0. The maximum atomic E-state index is 13.0. The summed E-state index contributed by atoms with van der Waals surface area (Å²) in [6.45, 7) is 2.38. The van der Waals surface area contributed by atoms with E-state index in [1.807, 2.05) is 35.2 Å². The predicted molar refractivity (Wildman–Crippen MR) is 124 cm³/mol. The highest BCUT2D eigenvalue weighted by Crippen LogP contribution is 2.28. The molecule has 180 valence electrons. The van der Waals surface area contributed by atoms with Gasteiger partial charge in [-0.3, -0.25) is 14.5 Å². The van der Waals surface area contributed by atoms with Gasteiger partial charge in [0.2, 0.25) is 11.8 Å². The average molecular weight is 457 g/mol. The van der Waals surface area contributed by atoms with Gasteiger partial charge in [-0.15, -0.1) is 0 Å². The van der Waals surface area contributed by atoms with Crippen LogP contribution in [0.4, 0.5) is 4.79 Å². The van der Waals surface area contributed by atoms with Crippen LogP contribution in [-0.4, -0.2) is 65.5 Å². The van der Waals surface area contributed by atoms with Gasteiger partial charge in [-0.05, 0) is 62.8 Å². The Morgan fingerprint density at radius 3 is 2.36 bits per heavy atom. The van der Waals surface area contributed by atoms with Crippen LogP contribution >= 0.6 is 0 Å². The summed E-state index contributed by atoms with van der Waals surface area (Å²) in [5.74, 6) is 0.142. The first kappa shape index (κ1) is 23.5. The number of nitrogens with zero attached hydrogens (tertiary/aromatic N) is 2. The van der Waals surface area contributed by atoms with Crippen molar-refractivity contribution in [2.45, 2.75) is 76.1 Å². The van der Waals surface area contributed by atoms with Gasteiger partial charge in [-0.2, -0.15) is 0 Å². The highest BCUT2D eigenvalue weighted by Gasteiger charge is 2.37. The fourth-order valence-electron chi connectivity index (χ4n) is 5.33. The van der Waals surface area contributed by atoms with Crippen LogP contribution in [0, 0.1) is 5.92 Å². The van der Waals surface area contributed by atoms with Gasteiger partial charge < -0.3 is 20.7 Å². The van der Waals surface area contributed by atoms with E-state index in [1.54, 1.807) is 4.90 Å². The standard InChI is InChI=1S/C25H36N4O4/c26-22(24(31)28-14-4-5-15-28)19-10-12-20(13-11-19)27-23(30)21-9-6-16-29(21)25(32)33-17-18-7-2-1-3-8-18/h1-3,7-8,19-22H,4-6,9-17,26H2,(H,27,30)/t19?,20?,21-,22-/m0/s1. The highest BCUT2D eigenvalue weighted by molar-refractivity contribution is 5.86. The number of nitrogens with one attached hydrogen (secondary N) is 1. The monoisotopic (exact) mass is 456 g/mol. The van der Waals surface area contributed by atoms with E-state index in [2.05, 4.69) is 5.32 Å². The largest absolute Gasteiger partial charge is 0.445 e. The van der Waals surface area contributed by atoms with E-state index >= 15 is 0 Å². The minimum Gasteiger partial charge on any atom is -0.445 e. The Labute approximate surface area is 195 Å². The van der Waals surface area contributed by atoms with Crippen LogP contribution in [0.5, 0.6) is 0 Å². The molecule has 8 nitrogen and oxygen atoms in total. The van der Waals surface area contributed by atoms with Crippen molar-refractivity contribution in [3.05, 3.63) is 35.9 Å². The average Bonchev–Trinajstić information content (AvgIpc) is 3.55. The molecule has 3 amide bonds. The van der Waals surface area contributed by atoms with Crippen molar-refractivity contribution in [2.24, 2.45) is 11.7 Å². The molecule has 2 heterocycles. The quantitative estimate of drug-likeness (QED) is 0.684. The molecule has 0 bridgehead atoms. The Balaban J connectivity index is 1.22. The molecule has 3 aliphatic rings. The molecular formula is C25H36N4O4. The second-order valence-electron chi connectivity index (χ2n) is 9.57. The Hall–Kier alpha value is -2.61. The lowest BCUT2D eigenvalue weighted by atomic mass is 9.81. The second-order valence-corrected chi connectivity index (χ2v) is 9.57. The predicted octanol–water partition coefficient (Wildman–Crippen LogP) is 2.41. The van der Waals surface area contributed by atoms with Crippen molar-refractivity contribution >= 4 is 17.9 Å². The van der Waals surface area contributed by atoms with Crippen molar-refractivity contribution in [3.8, 4) is 0 Å². The van der Waals surface area contributed by atoms with E-state index in [1.165, 1.54) is 0 Å². The number of carbonyl (C=O) groups is 3. The van der Waals surface area contributed by atoms with Gasteiger partial charge in [0.25, 0.3) is 0 Å². The maximum Gasteiger partial charge on any atom is 0.410 e. The molecule has 1 aliphatic carbocycles. The van der Waals surface area contributed by atoms with Gasteiger partial charge in [0.15, 0.2) is 0 Å². The van der Waals surface area contributed by atoms with Gasteiger partial charge in [0.1, 0.15) is 12.6 Å². The van der Waals surface area contributed by atoms with Crippen molar-refractivity contribution in [3.63, 3.8) is 0 Å². The lowest BCUT2D eigenvalue weighted by Gasteiger charge is -2.34. The minimum atomic E-state index is -0.481. The molecule has 0 spiro atoms. The topological polar surface area (TPSA) is 105 Å². The van der Waals surface area contributed by atoms with Gasteiger partial charge in [-0.1, -0.05) is 30.3 Å². The van der Waals surface area contributed by atoms with Gasteiger partial charge in [0, 0.05) is 25.7 Å². The fourth-order valence-corrected chi connectivity index (χ4v) is 5.33. The zero-order valence-electron chi connectivity index (χ0n) is 19.3. The SMILES string of the molecule is N[C@H](C(=O)N1CCCC1)C1CCC(NC(=O)[C@@H]2CCCN2C(=O)OCc2ccccc2)CC1. The number of amides is 3. The van der Waals surface area contributed by atoms with Crippen molar-refractivity contribution in [2.75, 3.05) is 19.6 Å². The molecule has 0 unspecified atom stereocenters. The van der Waals surface area contributed by atoms with Crippen LogP contribution in [0.1, 0.15) is 56.9 Å². The van der Waals surface area contributed by atoms with E-state index in [-0.39, 0.29) is 30.4 Å². The van der Waals surface area contributed by atoms with E-state index in [4.69, 9.17) is 10.5 Å². The molecule has 4 rings (SSSR count). The summed E-state index contributed by atoms with van der Waals surface area (Å²) in [6.07, 6.45) is 6.41. The number of hydrogen-bond acceptors (Lipinski definition) is 5. The number of carbonyl (C=O) groups excluding carboxylic acids is 3. The first-order valence-electron chi connectivity index (χ1n) is 12.3. The molecule has 2 atom stereocenters. The summed E-state index contributed by atoms with van der Waals surface area (Å²) in [5.41, 5.74) is 7.22. The van der Waals surface area contributed by atoms with Gasteiger partial charge in [-0.25, -0.2) is 4.79 Å². The third kappa shape index (κ3) is 5.85.